The van der Waals surface area contributed by atoms with Gasteiger partial charge in [0.25, 0.3) is 0 Å². The number of nitrogens with one attached hydrogen (secondary N) is 2. The number of carbonyl (C=O) groups excluding carboxylic acids is 3. The summed E-state index contributed by atoms with van der Waals surface area (Å²) in [6.07, 6.45) is 3.65. The number of hydrogen-bond donors (Lipinski definition) is 5. The standard InChI is InChI=1S/C26H41N5O5/c1-3-17(2)22(26(35)36)30-24(33)21-13-9-15-31(21)25(34)20(12-7-8-14-27)29-23(32)19(28)16-18-10-5-4-6-11-18/h4-6,10-11,17,19-22H,3,7-9,12-16,27-28H2,1-2H3,(H,29,32)(H,30,33)(H,35,36). The molecule has 0 aliphatic carbocycles. The minimum absolute atomic E-state index is 0.258. The summed E-state index contributed by atoms with van der Waals surface area (Å²) in [5.74, 6) is -2.64. The highest BCUT2D eigenvalue weighted by Gasteiger charge is 2.39. The van der Waals surface area contributed by atoms with E-state index in [1.54, 1.807) is 6.92 Å². The molecule has 1 fully saturated rings. The molecule has 10 heteroatoms. The van der Waals surface area contributed by atoms with Crippen molar-refractivity contribution in [2.45, 2.75) is 83.0 Å². The maximum absolute atomic E-state index is 13.5. The van der Waals surface area contributed by atoms with E-state index in [1.807, 2.05) is 37.3 Å². The summed E-state index contributed by atoms with van der Waals surface area (Å²) in [7, 11) is 0. The molecule has 1 saturated heterocycles. The van der Waals surface area contributed by atoms with Crippen molar-refractivity contribution in [2.24, 2.45) is 17.4 Å². The molecule has 36 heavy (non-hydrogen) atoms. The number of hydrogen-bond acceptors (Lipinski definition) is 6. The van der Waals surface area contributed by atoms with Gasteiger partial charge in [-0.05, 0) is 56.6 Å². The van der Waals surface area contributed by atoms with Gasteiger partial charge in [-0.15, -0.1) is 0 Å². The monoisotopic (exact) mass is 503 g/mol. The van der Waals surface area contributed by atoms with E-state index in [2.05, 4.69) is 10.6 Å². The third-order valence-corrected chi connectivity index (χ3v) is 6.81. The lowest BCUT2D eigenvalue weighted by molar-refractivity contribution is -0.146. The van der Waals surface area contributed by atoms with E-state index in [0.29, 0.717) is 58.0 Å². The van der Waals surface area contributed by atoms with Crippen molar-refractivity contribution in [3.05, 3.63) is 35.9 Å². The van der Waals surface area contributed by atoms with Gasteiger partial charge in [0.2, 0.25) is 17.7 Å². The number of nitrogens with zero attached hydrogens (tertiary/aromatic N) is 1. The number of aliphatic carboxylic acids is 1. The first-order chi connectivity index (χ1) is 17.2. The zero-order valence-electron chi connectivity index (χ0n) is 21.3. The van der Waals surface area contributed by atoms with Crippen LogP contribution < -0.4 is 22.1 Å². The molecule has 0 bridgehead atoms. The first kappa shape index (κ1) is 29.3. The average molecular weight is 504 g/mol. The molecule has 7 N–H and O–H groups in total. The molecule has 1 aromatic carbocycles. The second kappa shape index (κ2) is 14.5. The van der Waals surface area contributed by atoms with Crippen molar-refractivity contribution in [1.82, 2.24) is 15.5 Å². The van der Waals surface area contributed by atoms with E-state index < -0.39 is 42.0 Å². The third kappa shape index (κ3) is 8.30. The second-order valence-electron chi connectivity index (χ2n) is 9.54. The molecule has 0 saturated carbocycles. The van der Waals surface area contributed by atoms with E-state index in [9.17, 15) is 24.3 Å². The normalized spacial score (nSPS) is 18.7. The Morgan fingerprint density at radius 3 is 2.44 bits per heavy atom. The SMILES string of the molecule is CCC(C)C(NC(=O)C1CCCN1C(=O)C(CCCCN)NC(=O)C(N)Cc1ccccc1)C(=O)O. The maximum Gasteiger partial charge on any atom is 0.326 e. The number of carbonyl (C=O) groups is 4. The van der Waals surface area contributed by atoms with Gasteiger partial charge in [0.15, 0.2) is 0 Å². The number of benzene rings is 1. The quantitative estimate of drug-likeness (QED) is 0.234. The minimum atomic E-state index is -1.10. The number of carboxylic acid groups (broad SMARTS) is 1. The van der Waals surface area contributed by atoms with E-state index in [0.717, 1.165) is 5.56 Å². The molecule has 1 aliphatic heterocycles. The van der Waals surface area contributed by atoms with Crippen molar-refractivity contribution in [1.29, 1.82) is 0 Å². The lowest BCUT2D eigenvalue weighted by Gasteiger charge is -2.30. The van der Waals surface area contributed by atoms with Gasteiger partial charge in [0.05, 0.1) is 6.04 Å². The molecule has 5 atom stereocenters. The van der Waals surface area contributed by atoms with Gasteiger partial charge in [-0.1, -0.05) is 50.6 Å². The Bertz CT molecular complexity index is 881. The summed E-state index contributed by atoms with van der Waals surface area (Å²) >= 11 is 0. The summed E-state index contributed by atoms with van der Waals surface area (Å²) in [5, 5.41) is 15.0. The van der Waals surface area contributed by atoms with Gasteiger partial charge in [-0.2, -0.15) is 0 Å². The van der Waals surface area contributed by atoms with Gasteiger partial charge in [0, 0.05) is 6.54 Å². The lowest BCUT2D eigenvalue weighted by atomic mass is 9.98. The smallest absolute Gasteiger partial charge is 0.326 e. The Hall–Kier alpha value is -2.98. The van der Waals surface area contributed by atoms with Crippen molar-refractivity contribution < 1.29 is 24.3 Å². The predicted molar refractivity (Wildman–Crippen MR) is 137 cm³/mol. The summed E-state index contributed by atoms with van der Waals surface area (Å²) in [6.45, 7) is 4.44. The van der Waals surface area contributed by atoms with E-state index in [-0.39, 0.29) is 11.8 Å². The summed E-state index contributed by atoms with van der Waals surface area (Å²) < 4.78 is 0. The summed E-state index contributed by atoms with van der Waals surface area (Å²) in [5.41, 5.74) is 12.7. The van der Waals surface area contributed by atoms with Gasteiger partial charge in [0.1, 0.15) is 18.1 Å². The molecule has 1 aliphatic rings. The highest BCUT2D eigenvalue weighted by Crippen LogP contribution is 2.21. The molecular formula is C26H41N5O5. The van der Waals surface area contributed by atoms with E-state index in [4.69, 9.17) is 11.5 Å². The Morgan fingerprint density at radius 1 is 1.14 bits per heavy atom. The topological polar surface area (TPSA) is 168 Å². The van der Waals surface area contributed by atoms with Crippen molar-refractivity contribution in [3.63, 3.8) is 0 Å². The van der Waals surface area contributed by atoms with Crippen LogP contribution >= 0.6 is 0 Å². The molecule has 10 nitrogen and oxygen atoms in total. The van der Waals surface area contributed by atoms with Crippen LogP contribution in [-0.2, 0) is 25.6 Å². The van der Waals surface area contributed by atoms with Crippen molar-refractivity contribution in [2.75, 3.05) is 13.1 Å². The molecular weight excluding hydrogens is 462 g/mol. The number of carboxylic acids is 1. The predicted octanol–water partition coefficient (Wildman–Crippen LogP) is 0.777. The molecule has 2 rings (SSSR count). The van der Waals surface area contributed by atoms with Crippen LogP contribution in [0.5, 0.6) is 0 Å². The molecule has 0 aromatic heterocycles. The van der Waals surface area contributed by atoms with E-state index >= 15 is 0 Å². The number of unbranched alkanes of at least 4 members (excludes halogenated alkanes) is 1. The molecule has 0 radical (unpaired) electrons. The fourth-order valence-corrected chi connectivity index (χ4v) is 4.43. The zero-order valence-corrected chi connectivity index (χ0v) is 21.3. The van der Waals surface area contributed by atoms with Gasteiger partial charge in [-0.3, -0.25) is 14.4 Å². The number of nitrogens with two attached hydrogens (primary N) is 2. The van der Waals surface area contributed by atoms with Crippen molar-refractivity contribution >= 4 is 23.7 Å². The molecule has 200 valence electrons. The molecule has 5 unspecified atom stereocenters. The molecule has 3 amide bonds. The Morgan fingerprint density at radius 2 is 1.83 bits per heavy atom. The Balaban J connectivity index is 2.11. The van der Waals surface area contributed by atoms with Crippen molar-refractivity contribution in [3.8, 4) is 0 Å². The number of amides is 3. The Kier molecular flexibility index (Phi) is 11.8. The number of rotatable bonds is 14. The Labute approximate surface area is 213 Å². The summed E-state index contributed by atoms with van der Waals surface area (Å²) in [4.78, 5) is 52.6. The lowest BCUT2D eigenvalue weighted by Crippen LogP contribution is -2.57. The van der Waals surface area contributed by atoms with Crippen LogP contribution in [0.25, 0.3) is 0 Å². The third-order valence-electron chi connectivity index (χ3n) is 6.81. The molecule has 1 heterocycles. The minimum Gasteiger partial charge on any atom is -0.480 e. The fourth-order valence-electron chi connectivity index (χ4n) is 4.43. The van der Waals surface area contributed by atoms with Crippen LogP contribution in [0.3, 0.4) is 0 Å². The zero-order chi connectivity index (χ0) is 26.7. The van der Waals surface area contributed by atoms with Gasteiger partial charge < -0.3 is 32.1 Å². The van der Waals surface area contributed by atoms with Crippen LogP contribution in [-0.4, -0.2) is 71.0 Å². The van der Waals surface area contributed by atoms with Crippen LogP contribution in [0.15, 0.2) is 30.3 Å². The maximum atomic E-state index is 13.5. The largest absolute Gasteiger partial charge is 0.480 e. The van der Waals surface area contributed by atoms with Crippen LogP contribution in [0.1, 0.15) is 57.9 Å². The average Bonchev–Trinajstić information content (AvgIpc) is 3.36. The van der Waals surface area contributed by atoms with Crippen LogP contribution in [0.4, 0.5) is 0 Å². The first-order valence-electron chi connectivity index (χ1n) is 12.8. The summed E-state index contributed by atoms with van der Waals surface area (Å²) in [6, 6.07) is 5.90. The van der Waals surface area contributed by atoms with Gasteiger partial charge in [-0.25, -0.2) is 4.79 Å². The number of likely N-dealkylation sites (tertiary alicyclic amines) is 1. The molecule has 1 aromatic rings. The van der Waals surface area contributed by atoms with E-state index in [1.165, 1.54) is 4.90 Å². The highest BCUT2D eigenvalue weighted by molar-refractivity contribution is 5.94. The van der Waals surface area contributed by atoms with Gasteiger partial charge >= 0.3 is 5.97 Å². The fraction of sp³-hybridized carbons (Fsp3) is 0.615. The second-order valence-corrected chi connectivity index (χ2v) is 9.54. The molecule has 0 spiro atoms. The van der Waals surface area contributed by atoms with Crippen LogP contribution in [0.2, 0.25) is 0 Å². The van der Waals surface area contributed by atoms with Crippen LogP contribution in [0, 0.1) is 5.92 Å². The first-order valence-corrected chi connectivity index (χ1v) is 12.8. The highest BCUT2D eigenvalue weighted by atomic mass is 16.4.